The molecule has 0 spiro atoms. The highest BCUT2D eigenvalue weighted by molar-refractivity contribution is 5.94. The molecule has 1 amide bonds. The van der Waals surface area contributed by atoms with Gasteiger partial charge in [-0.15, -0.1) is 0 Å². The van der Waals surface area contributed by atoms with Crippen LogP contribution in [0.1, 0.15) is 27.9 Å². The van der Waals surface area contributed by atoms with Gasteiger partial charge in [-0.3, -0.25) is 9.78 Å². The zero-order valence-corrected chi connectivity index (χ0v) is 13.8. The Bertz CT molecular complexity index is 720. The highest BCUT2D eigenvalue weighted by Gasteiger charge is 2.25. The van der Waals surface area contributed by atoms with Gasteiger partial charge in [-0.05, 0) is 49.1 Å². The molecule has 2 aromatic heterocycles. The zero-order valence-electron chi connectivity index (χ0n) is 13.8. The third kappa shape index (κ3) is 4.08. The first kappa shape index (κ1) is 16.4. The summed E-state index contributed by atoms with van der Waals surface area (Å²) in [6.07, 6.45) is 6.83. The Labute approximate surface area is 141 Å². The zero-order chi connectivity index (χ0) is 16.9. The van der Waals surface area contributed by atoms with Crippen molar-refractivity contribution in [3.63, 3.8) is 0 Å². The van der Waals surface area contributed by atoms with E-state index < -0.39 is 0 Å². The van der Waals surface area contributed by atoms with Crippen LogP contribution in [-0.2, 0) is 11.2 Å². The number of nitrogens with two attached hydrogens (primary N) is 1. The summed E-state index contributed by atoms with van der Waals surface area (Å²) in [5.41, 5.74) is 8.46. The number of nitrogen functional groups attached to an aromatic ring is 1. The molecule has 0 radical (unpaired) electrons. The summed E-state index contributed by atoms with van der Waals surface area (Å²) in [5.74, 6) is 0.550. The fourth-order valence-electron chi connectivity index (χ4n) is 2.91. The molecule has 0 aromatic carbocycles. The molecule has 2 N–H and O–H groups in total. The summed E-state index contributed by atoms with van der Waals surface area (Å²) in [6.45, 7) is 3.72. The number of ether oxygens (including phenoxy) is 1. The maximum absolute atomic E-state index is 12.6. The second-order valence-electron chi connectivity index (χ2n) is 6.12. The van der Waals surface area contributed by atoms with Crippen LogP contribution in [0.25, 0.3) is 0 Å². The summed E-state index contributed by atoms with van der Waals surface area (Å²) in [4.78, 5) is 22.6. The van der Waals surface area contributed by atoms with Crippen molar-refractivity contribution in [2.24, 2.45) is 0 Å². The summed E-state index contributed by atoms with van der Waals surface area (Å²) in [6, 6.07) is 5.71. The van der Waals surface area contributed by atoms with Gasteiger partial charge in [-0.1, -0.05) is 0 Å². The van der Waals surface area contributed by atoms with E-state index in [-0.39, 0.29) is 12.0 Å². The molecule has 0 saturated carbocycles. The predicted octanol–water partition coefficient (Wildman–Crippen LogP) is 1.84. The normalized spacial score (nSPS) is 17.7. The van der Waals surface area contributed by atoms with Crippen LogP contribution in [-0.4, -0.2) is 46.6 Å². The van der Waals surface area contributed by atoms with Crippen molar-refractivity contribution in [3.8, 4) is 0 Å². The van der Waals surface area contributed by atoms with Gasteiger partial charge in [0.15, 0.2) is 0 Å². The van der Waals surface area contributed by atoms with Crippen LogP contribution in [0, 0.1) is 6.92 Å². The van der Waals surface area contributed by atoms with E-state index in [1.807, 2.05) is 30.0 Å². The minimum Gasteiger partial charge on any atom is -0.384 e. The molecule has 6 heteroatoms. The van der Waals surface area contributed by atoms with E-state index in [1.165, 1.54) is 0 Å². The lowest BCUT2D eigenvalue weighted by Crippen LogP contribution is -2.45. The maximum atomic E-state index is 12.6. The lowest BCUT2D eigenvalue weighted by molar-refractivity contribution is -0.0246. The van der Waals surface area contributed by atoms with Gasteiger partial charge >= 0.3 is 0 Å². The largest absolute Gasteiger partial charge is 0.384 e. The van der Waals surface area contributed by atoms with E-state index in [2.05, 4.69) is 9.97 Å². The monoisotopic (exact) mass is 326 g/mol. The Balaban J connectivity index is 1.59. The molecule has 1 aliphatic rings. The summed E-state index contributed by atoms with van der Waals surface area (Å²) >= 11 is 0. The molecule has 6 nitrogen and oxygen atoms in total. The fourth-order valence-corrected chi connectivity index (χ4v) is 2.91. The highest BCUT2D eigenvalue weighted by atomic mass is 16.5. The average molecular weight is 326 g/mol. The lowest BCUT2D eigenvalue weighted by atomic mass is 10.1. The van der Waals surface area contributed by atoms with E-state index in [9.17, 15) is 4.79 Å². The Morgan fingerprint density at radius 3 is 3.08 bits per heavy atom. The van der Waals surface area contributed by atoms with Gasteiger partial charge in [-0.25, -0.2) is 4.98 Å². The Morgan fingerprint density at radius 1 is 1.42 bits per heavy atom. The predicted molar refractivity (Wildman–Crippen MR) is 91.6 cm³/mol. The number of aryl methyl sites for hydroxylation is 2. The number of amides is 1. The van der Waals surface area contributed by atoms with Gasteiger partial charge in [0.1, 0.15) is 5.82 Å². The summed E-state index contributed by atoms with van der Waals surface area (Å²) in [7, 11) is 0. The molecule has 0 aliphatic carbocycles. The lowest BCUT2D eigenvalue weighted by Gasteiger charge is -2.33. The summed E-state index contributed by atoms with van der Waals surface area (Å²) < 4.78 is 5.81. The van der Waals surface area contributed by atoms with Crippen LogP contribution >= 0.6 is 0 Å². The smallest absolute Gasteiger partial charge is 0.255 e. The van der Waals surface area contributed by atoms with Crippen molar-refractivity contribution in [2.45, 2.75) is 25.9 Å². The number of morpholine rings is 1. The van der Waals surface area contributed by atoms with E-state index in [4.69, 9.17) is 10.5 Å². The third-order valence-corrected chi connectivity index (χ3v) is 4.15. The minimum absolute atomic E-state index is 0.0210. The average Bonchev–Trinajstić information content (AvgIpc) is 2.60. The van der Waals surface area contributed by atoms with Crippen molar-refractivity contribution in [2.75, 3.05) is 25.4 Å². The molecule has 126 valence electrons. The number of nitrogens with zero attached hydrogens (tertiary/aromatic N) is 3. The van der Waals surface area contributed by atoms with Crippen LogP contribution in [0.15, 0.2) is 36.8 Å². The molecule has 0 bridgehead atoms. The molecule has 2 aromatic rings. The van der Waals surface area contributed by atoms with Crippen molar-refractivity contribution in [1.82, 2.24) is 14.9 Å². The molecule has 1 unspecified atom stereocenters. The van der Waals surface area contributed by atoms with Crippen molar-refractivity contribution >= 4 is 11.7 Å². The van der Waals surface area contributed by atoms with Gasteiger partial charge in [-0.2, -0.15) is 0 Å². The highest BCUT2D eigenvalue weighted by Crippen LogP contribution is 2.16. The van der Waals surface area contributed by atoms with Crippen LogP contribution < -0.4 is 5.73 Å². The SMILES string of the molecule is Cc1cncc(C(=O)N2CCOC(CCc3ccnc(N)c3)C2)c1. The van der Waals surface area contributed by atoms with Gasteiger partial charge < -0.3 is 15.4 Å². The third-order valence-electron chi connectivity index (χ3n) is 4.15. The van der Waals surface area contributed by atoms with Crippen LogP contribution in [0.3, 0.4) is 0 Å². The molecule has 1 atom stereocenters. The molecule has 3 heterocycles. The number of aromatic nitrogens is 2. The van der Waals surface area contributed by atoms with E-state index in [1.54, 1.807) is 18.6 Å². The first-order chi connectivity index (χ1) is 11.6. The van der Waals surface area contributed by atoms with Gasteiger partial charge in [0.25, 0.3) is 5.91 Å². The second-order valence-corrected chi connectivity index (χ2v) is 6.12. The molecule has 1 saturated heterocycles. The van der Waals surface area contributed by atoms with E-state index in [0.717, 1.165) is 24.0 Å². The molecule has 1 aliphatic heterocycles. The van der Waals surface area contributed by atoms with Crippen molar-refractivity contribution < 1.29 is 9.53 Å². The Morgan fingerprint density at radius 2 is 2.29 bits per heavy atom. The van der Waals surface area contributed by atoms with Gasteiger partial charge in [0, 0.05) is 31.7 Å². The molecular weight excluding hydrogens is 304 g/mol. The first-order valence-corrected chi connectivity index (χ1v) is 8.15. The van der Waals surface area contributed by atoms with Crippen molar-refractivity contribution in [3.05, 3.63) is 53.5 Å². The number of rotatable bonds is 4. The molecular formula is C18H22N4O2. The molecule has 24 heavy (non-hydrogen) atoms. The standard InChI is InChI=1S/C18H22N4O2/c1-13-8-15(11-20-10-13)18(23)22-6-7-24-16(12-22)3-2-14-4-5-21-17(19)9-14/h4-5,8-11,16H,2-3,6-7,12H2,1H3,(H2,19,21). The van der Waals surface area contributed by atoms with Crippen LogP contribution in [0.5, 0.6) is 0 Å². The number of carbonyl (C=O) groups excluding carboxylic acids is 1. The molecule has 3 rings (SSSR count). The van der Waals surface area contributed by atoms with E-state index >= 15 is 0 Å². The van der Waals surface area contributed by atoms with E-state index in [0.29, 0.717) is 31.1 Å². The number of carbonyl (C=O) groups is 1. The van der Waals surface area contributed by atoms with Gasteiger partial charge in [0.2, 0.25) is 0 Å². The minimum atomic E-state index is 0.0210. The first-order valence-electron chi connectivity index (χ1n) is 8.15. The fraction of sp³-hybridized carbons (Fsp3) is 0.389. The quantitative estimate of drug-likeness (QED) is 0.927. The molecule has 1 fully saturated rings. The Hall–Kier alpha value is -2.47. The number of hydrogen-bond donors (Lipinski definition) is 1. The maximum Gasteiger partial charge on any atom is 0.255 e. The topological polar surface area (TPSA) is 81.3 Å². The van der Waals surface area contributed by atoms with Gasteiger partial charge in [0.05, 0.1) is 18.3 Å². The van der Waals surface area contributed by atoms with Crippen LogP contribution in [0.2, 0.25) is 0 Å². The number of anilines is 1. The van der Waals surface area contributed by atoms with Crippen LogP contribution in [0.4, 0.5) is 5.82 Å². The Kier molecular flexibility index (Phi) is 5.05. The number of hydrogen-bond acceptors (Lipinski definition) is 5. The van der Waals surface area contributed by atoms with Crippen molar-refractivity contribution in [1.29, 1.82) is 0 Å². The number of pyridine rings is 2. The summed E-state index contributed by atoms with van der Waals surface area (Å²) in [5, 5.41) is 0. The second kappa shape index (κ2) is 7.40.